The number of ketones is 1. The lowest BCUT2D eigenvalue weighted by Crippen LogP contribution is -2.38. The number of carbonyl (C=O) groups excluding carboxylic acids is 1. The number of carbonyl (C=O) groups is 2. The van der Waals surface area contributed by atoms with Gasteiger partial charge in [0, 0.05) is 31.5 Å². The van der Waals surface area contributed by atoms with Crippen LogP contribution < -0.4 is 4.74 Å². The summed E-state index contributed by atoms with van der Waals surface area (Å²) in [5.74, 6) is 1.12. The minimum atomic E-state index is -1.07. The van der Waals surface area contributed by atoms with Crippen molar-refractivity contribution in [2.24, 2.45) is 0 Å². The van der Waals surface area contributed by atoms with Gasteiger partial charge in [-0.3, -0.25) is 9.69 Å². The quantitative estimate of drug-likeness (QED) is 0.865. The van der Waals surface area contributed by atoms with E-state index in [2.05, 4.69) is 0 Å². The molecule has 0 bridgehead atoms. The minimum absolute atomic E-state index is 0.157. The molecule has 2 aromatic rings. The third kappa shape index (κ3) is 2.77. The first kappa shape index (κ1) is 15.4. The Balaban J connectivity index is 1.93. The summed E-state index contributed by atoms with van der Waals surface area (Å²) in [5.41, 5.74) is 1.51. The number of carboxylic acid groups (broad SMARTS) is 1. The second-order valence-electron chi connectivity index (χ2n) is 5.34. The number of ether oxygens (including phenoxy) is 1. The van der Waals surface area contributed by atoms with Crippen LogP contribution in [-0.2, 0) is 6.42 Å². The predicted molar refractivity (Wildman–Crippen MR) is 83.1 cm³/mol. The van der Waals surface area contributed by atoms with Gasteiger partial charge >= 0.3 is 6.09 Å². The third-order valence-electron chi connectivity index (χ3n) is 3.74. The van der Waals surface area contributed by atoms with Crippen molar-refractivity contribution in [3.8, 4) is 17.1 Å². The van der Waals surface area contributed by atoms with Gasteiger partial charge in [-0.05, 0) is 24.3 Å². The molecule has 1 atom stereocenters. The number of furan rings is 1. The maximum absolute atomic E-state index is 11.3. The largest absolute Gasteiger partial charge is 0.468 e. The van der Waals surface area contributed by atoms with Crippen LogP contribution in [0.5, 0.6) is 5.75 Å². The fourth-order valence-corrected chi connectivity index (χ4v) is 2.75. The number of amides is 1. The number of hydrogen-bond acceptors (Lipinski definition) is 4. The smallest absolute Gasteiger partial charge is 0.409 e. The molecule has 3 rings (SSSR count). The van der Waals surface area contributed by atoms with Crippen LogP contribution >= 0.6 is 11.6 Å². The lowest BCUT2D eigenvalue weighted by atomic mass is 10.1. The summed E-state index contributed by atoms with van der Waals surface area (Å²) in [6.07, 6.45) is -1.29. The SMILES string of the molecule is CC(=O)c1ccc(-c2cc(Cl)c3c(c2)CC(N(C)C(=O)O)O3)o1. The highest BCUT2D eigenvalue weighted by atomic mass is 35.5. The maximum atomic E-state index is 11.3. The Kier molecular flexibility index (Phi) is 3.77. The molecule has 1 aromatic heterocycles. The van der Waals surface area contributed by atoms with E-state index in [0.717, 1.165) is 10.5 Å². The van der Waals surface area contributed by atoms with E-state index in [1.165, 1.54) is 14.0 Å². The molecule has 0 fully saturated rings. The molecule has 6 nitrogen and oxygen atoms in total. The van der Waals surface area contributed by atoms with E-state index in [-0.39, 0.29) is 11.5 Å². The van der Waals surface area contributed by atoms with Crippen LogP contribution in [0.1, 0.15) is 23.0 Å². The van der Waals surface area contributed by atoms with Gasteiger partial charge in [-0.2, -0.15) is 0 Å². The van der Waals surface area contributed by atoms with E-state index in [0.29, 0.717) is 28.5 Å². The zero-order valence-electron chi connectivity index (χ0n) is 12.5. The van der Waals surface area contributed by atoms with Gasteiger partial charge in [0.15, 0.2) is 17.8 Å². The van der Waals surface area contributed by atoms with Crippen molar-refractivity contribution in [1.82, 2.24) is 4.90 Å². The first-order valence-corrected chi connectivity index (χ1v) is 7.30. The molecule has 0 aliphatic carbocycles. The second kappa shape index (κ2) is 5.62. The Morgan fingerprint density at radius 2 is 2.09 bits per heavy atom. The van der Waals surface area contributed by atoms with Crippen LogP contribution in [0.25, 0.3) is 11.3 Å². The van der Waals surface area contributed by atoms with Crippen molar-refractivity contribution in [2.45, 2.75) is 19.6 Å². The fraction of sp³-hybridized carbons (Fsp3) is 0.250. The monoisotopic (exact) mass is 335 g/mol. The van der Waals surface area contributed by atoms with Crippen molar-refractivity contribution in [3.63, 3.8) is 0 Å². The van der Waals surface area contributed by atoms with E-state index in [9.17, 15) is 9.59 Å². The Bertz CT molecular complexity index is 798. The van der Waals surface area contributed by atoms with E-state index in [4.69, 9.17) is 25.9 Å². The molecule has 1 N–H and O–H groups in total. The standard InChI is InChI=1S/C16H14ClNO5/c1-8(19)12-3-4-13(22-12)9-5-10-7-14(18(2)16(20)21)23-15(10)11(17)6-9/h3-6,14H,7H2,1-2H3,(H,20,21). The fourth-order valence-electron chi connectivity index (χ4n) is 2.46. The van der Waals surface area contributed by atoms with Gasteiger partial charge in [-0.15, -0.1) is 0 Å². The van der Waals surface area contributed by atoms with Crippen molar-refractivity contribution in [3.05, 3.63) is 40.6 Å². The first-order valence-electron chi connectivity index (χ1n) is 6.93. The summed E-state index contributed by atoms with van der Waals surface area (Å²) >= 11 is 6.24. The van der Waals surface area contributed by atoms with Gasteiger partial charge in [0.1, 0.15) is 11.5 Å². The van der Waals surface area contributed by atoms with Crippen molar-refractivity contribution in [2.75, 3.05) is 7.05 Å². The molecule has 1 amide bonds. The highest BCUT2D eigenvalue weighted by molar-refractivity contribution is 6.32. The summed E-state index contributed by atoms with van der Waals surface area (Å²) in [7, 11) is 1.44. The number of fused-ring (bicyclic) bond motifs is 1. The first-order chi connectivity index (χ1) is 10.9. The lowest BCUT2D eigenvalue weighted by molar-refractivity contribution is 0.0608. The average Bonchev–Trinajstić information content (AvgIpc) is 3.13. The van der Waals surface area contributed by atoms with Crippen molar-refractivity contribution < 1.29 is 23.8 Å². The number of likely N-dealkylation sites (N-methyl/N-ethyl adjacent to an activating group) is 1. The van der Waals surface area contributed by atoms with Gasteiger partial charge in [-0.1, -0.05) is 11.6 Å². The molecule has 1 aliphatic rings. The summed E-state index contributed by atoms with van der Waals surface area (Å²) in [6, 6.07) is 6.81. The average molecular weight is 336 g/mol. The zero-order valence-corrected chi connectivity index (χ0v) is 13.3. The van der Waals surface area contributed by atoms with Gasteiger partial charge in [0.05, 0.1) is 5.02 Å². The molecule has 1 aromatic carbocycles. The van der Waals surface area contributed by atoms with E-state index in [1.807, 2.05) is 6.07 Å². The van der Waals surface area contributed by atoms with Crippen molar-refractivity contribution >= 4 is 23.5 Å². The molecule has 2 heterocycles. The highest BCUT2D eigenvalue weighted by Crippen LogP contribution is 2.40. The Hall–Kier alpha value is -2.47. The van der Waals surface area contributed by atoms with Gasteiger partial charge in [-0.25, -0.2) is 4.79 Å². The number of Topliss-reactive ketones (excluding diaryl/α,β-unsaturated/α-hetero) is 1. The normalized spacial score (nSPS) is 15.9. The van der Waals surface area contributed by atoms with E-state index < -0.39 is 12.3 Å². The van der Waals surface area contributed by atoms with Crippen LogP contribution in [-0.4, -0.2) is 35.2 Å². The molecule has 1 unspecified atom stereocenters. The Labute approximate surface area is 137 Å². The van der Waals surface area contributed by atoms with Crippen LogP contribution in [0.4, 0.5) is 4.79 Å². The number of rotatable bonds is 3. The molecule has 7 heteroatoms. The van der Waals surface area contributed by atoms with Crippen LogP contribution in [0.15, 0.2) is 28.7 Å². The number of nitrogens with zero attached hydrogens (tertiary/aromatic N) is 1. The molecule has 0 radical (unpaired) electrons. The van der Waals surface area contributed by atoms with Crippen LogP contribution in [0.3, 0.4) is 0 Å². The molecular formula is C16H14ClNO5. The Morgan fingerprint density at radius 3 is 2.70 bits per heavy atom. The summed E-state index contributed by atoms with van der Waals surface area (Å²) < 4.78 is 11.1. The third-order valence-corrected chi connectivity index (χ3v) is 4.02. The van der Waals surface area contributed by atoms with E-state index in [1.54, 1.807) is 18.2 Å². The predicted octanol–water partition coefficient (Wildman–Crippen LogP) is 3.67. The zero-order chi connectivity index (χ0) is 16.7. The number of hydrogen-bond donors (Lipinski definition) is 1. The minimum Gasteiger partial charge on any atom is -0.468 e. The lowest BCUT2D eigenvalue weighted by Gasteiger charge is -2.20. The summed E-state index contributed by atoms with van der Waals surface area (Å²) in [6.45, 7) is 1.43. The molecule has 120 valence electrons. The molecule has 0 saturated carbocycles. The topological polar surface area (TPSA) is 80.0 Å². The second-order valence-corrected chi connectivity index (χ2v) is 5.74. The molecule has 23 heavy (non-hydrogen) atoms. The summed E-state index contributed by atoms with van der Waals surface area (Å²) in [5, 5.41) is 9.42. The number of benzene rings is 1. The molecular weight excluding hydrogens is 322 g/mol. The van der Waals surface area contributed by atoms with Crippen LogP contribution in [0.2, 0.25) is 5.02 Å². The Morgan fingerprint density at radius 1 is 1.35 bits per heavy atom. The molecule has 1 aliphatic heterocycles. The van der Waals surface area contributed by atoms with E-state index >= 15 is 0 Å². The van der Waals surface area contributed by atoms with Gasteiger partial charge in [0.25, 0.3) is 0 Å². The number of halogens is 1. The van der Waals surface area contributed by atoms with Gasteiger partial charge in [0.2, 0.25) is 0 Å². The highest BCUT2D eigenvalue weighted by Gasteiger charge is 2.31. The van der Waals surface area contributed by atoms with Gasteiger partial charge < -0.3 is 14.3 Å². The summed E-state index contributed by atoms with van der Waals surface area (Å²) in [4.78, 5) is 23.5. The van der Waals surface area contributed by atoms with Crippen LogP contribution in [0, 0.1) is 0 Å². The maximum Gasteiger partial charge on any atom is 0.409 e. The molecule has 0 spiro atoms. The molecule has 0 saturated heterocycles. The van der Waals surface area contributed by atoms with Crippen molar-refractivity contribution in [1.29, 1.82) is 0 Å².